The van der Waals surface area contributed by atoms with Gasteiger partial charge in [0.2, 0.25) is 11.8 Å². The minimum absolute atomic E-state index is 0.0595. The molecule has 0 radical (unpaired) electrons. The molecule has 0 spiro atoms. The van der Waals surface area contributed by atoms with E-state index in [4.69, 9.17) is 11.6 Å². The maximum atomic E-state index is 13.5. The molecular formula is C22H23ClF2N2O2. The number of halogens is 3. The van der Waals surface area contributed by atoms with Crippen molar-refractivity contribution in [2.75, 3.05) is 5.88 Å². The number of alkyl halides is 1. The third-order valence-corrected chi connectivity index (χ3v) is 5.38. The molecular weight excluding hydrogens is 398 g/mol. The van der Waals surface area contributed by atoms with Crippen molar-refractivity contribution >= 4 is 23.4 Å². The predicted octanol–water partition coefficient (Wildman–Crippen LogP) is 4.33. The van der Waals surface area contributed by atoms with Gasteiger partial charge in [-0.05, 0) is 48.2 Å². The van der Waals surface area contributed by atoms with Crippen LogP contribution in [0.5, 0.6) is 0 Å². The summed E-state index contributed by atoms with van der Waals surface area (Å²) in [5.41, 5.74) is 1.15. The van der Waals surface area contributed by atoms with Crippen LogP contribution in [0.25, 0.3) is 0 Å². The third kappa shape index (κ3) is 5.54. The van der Waals surface area contributed by atoms with E-state index >= 15 is 0 Å². The fourth-order valence-corrected chi connectivity index (χ4v) is 3.81. The van der Waals surface area contributed by atoms with Crippen molar-refractivity contribution in [1.82, 2.24) is 10.2 Å². The summed E-state index contributed by atoms with van der Waals surface area (Å²) in [5, 5.41) is 3.02. The van der Waals surface area contributed by atoms with Gasteiger partial charge in [-0.3, -0.25) is 9.59 Å². The summed E-state index contributed by atoms with van der Waals surface area (Å²) in [6.07, 6.45) is 3.88. The van der Waals surface area contributed by atoms with Gasteiger partial charge in [0.05, 0.1) is 0 Å². The molecule has 1 N–H and O–H groups in total. The third-order valence-electron chi connectivity index (χ3n) is 5.15. The molecule has 0 bridgehead atoms. The fourth-order valence-electron chi connectivity index (χ4n) is 3.65. The Morgan fingerprint density at radius 2 is 1.55 bits per heavy atom. The van der Waals surface area contributed by atoms with Gasteiger partial charge < -0.3 is 10.2 Å². The molecule has 2 amide bonds. The summed E-state index contributed by atoms with van der Waals surface area (Å²) >= 11 is 5.83. The number of carbonyl (C=O) groups excluding carboxylic acids is 2. The van der Waals surface area contributed by atoms with Crippen LogP contribution in [-0.2, 0) is 16.1 Å². The first-order valence-electron chi connectivity index (χ1n) is 9.63. The molecule has 0 aliphatic heterocycles. The highest BCUT2D eigenvalue weighted by atomic mass is 35.5. The highest BCUT2D eigenvalue weighted by molar-refractivity contribution is 6.27. The van der Waals surface area contributed by atoms with Crippen molar-refractivity contribution in [3.05, 3.63) is 71.3 Å². The Kier molecular flexibility index (Phi) is 7.20. The molecule has 1 aliphatic carbocycles. The SMILES string of the molecule is O=C(NC1CCCC1)[C@H](c1ccc(F)cc1)N(Cc1ccc(F)cc1)C(=O)CCl. The molecule has 0 heterocycles. The van der Waals surface area contributed by atoms with Gasteiger partial charge >= 0.3 is 0 Å². The van der Waals surface area contributed by atoms with E-state index in [1.165, 1.54) is 41.3 Å². The quantitative estimate of drug-likeness (QED) is 0.678. The lowest BCUT2D eigenvalue weighted by Crippen LogP contribution is -2.46. The van der Waals surface area contributed by atoms with Crippen LogP contribution in [-0.4, -0.2) is 28.6 Å². The average Bonchev–Trinajstić information content (AvgIpc) is 3.22. The number of benzene rings is 2. The van der Waals surface area contributed by atoms with Gasteiger partial charge in [-0.1, -0.05) is 37.1 Å². The van der Waals surface area contributed by atoms with E-state index in [9.17, 15) is 18.4 Å². The highest BCUT2D eigenvalue weighted by Gasteiger charge is 2.32. The Balaban J connectivity index is 1.94. The minimum Gasteiger partial charge on any atom is -0.351 e. The monoisotopic (exact) mass is 420 g/mol. The van der Waals surface area contributed by atoms with E-state index in [-0.39, 0.29) is 24.4 Å². The maximum absolute atomic E-state index is 13.5. The first-order chi connectivity index (χ1) is 14.0. The molecule has 154 valence electrons. The zero-order chi connectivity index (χ0) is 20.8. The second kappa shape index (κ2) is 9.83. The van der Waals surface area contributed by atoms with Crippen LogP contribution >= 0.6 is 11.6 Å². The molecule has 0 aromatic heterocycles. The smallest absolute Gasteiger partial charge is 0.247 e. The number of hydrogen-bond donors (Lipinski definition) is 1. The van der Waals surface area contributed by atoms with E-state index in [1.54, 1.807) is 12.1 Å². The predicted molar refractivity (Wildman–Crippen MR) is 107 cm³/mol. The Bertz CT molecular complexity index is 837. The lowest BCUT2D eigenvalue weighted by Gasteiger charge is -2.32. The standard InChI is InChI=1S/C22H23ClF2N2O2/c23-13-20(28)27(14-15-5-9-17(24)10-6-15)21(16-7-11-18(25)12-8-16)22(29)26-19-3-1-2-4-19/h5-12,19,21H,1-4,13-14H2,(H,26,29)/t21-/m0/s1. The number of rotatable bonds is 7. The fraction of sp³-hybridized carbons (Fsp3) is 0.364. The second-order valence-corrected chi connectivity index (χ2v) is 7.49. The van der Waals surface area contributed by atoms with Crippen molar-refractivity contribution < 1.29 is 18.4 Å². The van der Waals surface area contributed by atoms with Crippen molar-refractivity contribution in [3.8, 4) is 0 Å². The molecule has 4 nitrogen and oxygen atoms in total. The second-order valence-electron chi connectivity index (χ2n) is 7.23. The Morgan fingerprint density at radius 1 is 1.00 bits per heavy atom. The van der Waals surface area contributed by atoms with Crippen molar-refractivity contribution in [2.45, 2.75) is 44.3 Å². The van der Waals surface area contributed by atoms with E-state index < -0.39 is 23.6 Å². The molecule has 2 aromatic carbocycles. The zero-order valence-corrected chi connectivity index (χ0v) is 16.7. The topological polar surface area (TPSA) is 49.4 Å². The highest BCUT2D eigenvalue weighted by Crippen LogP contribution is 2.26. The zero-order valence-electron chi connectivity index (χ0n) is 15.9. The van der Waals surface area contributed by atoms with Crippen LogP contribution in [0, 0.1) is 11.6 Å². The van der Waals surface area contributed by atoms with Gasteiger partial charge in [-0.15, -0.1) is 11.6 Å². The van der Waals surface area contributed by atoms with Crippen molar-refractivity contribution in [1.29, 1.82) is 0 Å². The summed E-state index contributed by atoms with van der Waals surface area (Å²) < 4.78 is 26.7. The van der Waals surface area contributed by atoms with E-state index in [2.05, 4.69) is 5.32 Å². The van der Waals surface area contributed by atoms with Crippen LogP contribution in [0.2, 0.25) is 0 Å². The first kappa shape index (κ1) is 21.2. The van der Waals surface area contributed by atoms with E-state index in [0.29, 0.717) is 11.1 Å². The van der Waals surface area contributed by atoms with Crippen molar-refractivity contribution in [3.63, 3.8) is 0 Å². The lowest BCUT2D eigenvalue weighted by atomic mass is 10.0. The van der Waals surface area contributed by atoms with Gasteiger partial charge in [0.15, 0.2) is 0 Å². The number of nitrogens with one attached hydrogen (secondary N) is 1. The normalized spacial score (nSPS) is 15.1. The van der Waals surface area contributed by atoms with Gasteiger partial charge in [-0.25, -0.2) is 8.78 Å². The van der Waals surface area contributed by atoms with E-state index in [1.807, 2.05) is 0 Å². The molecule has 7 heteroatoms. The van der Waals surface area contributed by atoms with Gasteiger partial charge in [0, 0.05) is 12.6 Å². The van der Waals surface area contributed by atoms with E-state index in [0.717, 1.165) is 25.7 Å². The summed E-state index contributed by atoms with van der Waals surface area (Å²) in [6.45, 7) is 0.0754. The Hall–Kier alpha value is -2.47. The maximum Gasteiger partial charge on any atom is 0.247 e. The van der Waals surface area contributed by atoms with Gasteiger partial charge in [0.1, 0.15) is 23.6 Å². The molecule has 2 aromatic rings. The Morgan fingerprint density at radius 3 is 2.10 bits per heavy atom. The molecule has 0 unspecified atom stereocenters. The molecule has 1 fully saturated rings. The molecule has 0 saturated heterocycles. The number of amides is 2. The molecule has 1 saturated carbocycles. The summed E-state index contributed by atoms with van der Waals surface area (Å²) in [7, 11) is 0. The number of carbonyl (C=O) groups is 2. The lowest BCUT2D eigenvalue weighted by molar-refractivity contribution is -0.140. The first-order valence-corrected chi connectivity index (χ1v) is 10.2. The molecule has 1 aliphatic rings. The van der Waals surface area contributed by atoms with Crippen molar-refractivity contribution in [2.24, 2.45) is 0 Å². The van der Waals surface area contributed by atoms with Crippen LogP contribution in [0.1, 0.15) is 42.9 Å². The number of hydrogen-bond acceptors (Lipinski definition) is 2. The summed E-state index contributed by atoms with van der Waals surface area (Å²) in [5.74, 6) is -1.90. The summed E-state index contributed by atoms with van der Waals surface area (Å²) in [6, 6.07) is 10.3. The average molecular weight is 421 g/mol. The summed E-state index contributed by atoms with van der Waals surface area (Å²) in [4.78, 5) is 27.2. The van der Waals surface area contributed by atoms with Crippen LogP contribution in [0.3, 0.4) is 0 Å². The minimum atomic E-state index is -0.965. The molecule has 1 atom stereocenters. The molecule has 29 heavy (non-hydrogen) atoms. The van der Waals surface area contributed by atoms with Gasteiger partial charge in [0.25, 0.3) is 0 Å². The molecule has 3 rings (SSSR count). The van der Waals surface area contributed by atoms with Crippen LogP contribution in [0.15, 0.2) is 48.5 Å². The van der Waals surface area contributed by atoms with Gasteiger partial charge in [-0.2, -0.15) is 0 Å². The Labute approximate surface area is 173 Å². The van der Waals surface area contributed by atoms with Crippen LogP contribution in [0.4, 0.5) is 8.78 Å². The van der Waals surface area contributed by atoms with Crippen LogP contribution < -0.4 is 5.32 Å². The number of nitrogens with zero attached hydrogens (tertiary/aromatic N) is 1. The largest absolute Gasteiger partial charge is 0.351 e.